The van der Waals surface area contributed by atoms with Crippen molar-refractivity contribution in [1.82, 2.24) is 41.1 Å². The van der Waals surface area contributed by atoms with Gasteiger partial charge in [-0.1, -0.05) is 25.1 Å². The molecule has 0 saturated heterocycles. The van der Waals surface area contributed by atoms with Gasteiger partial charge >= 0.3 is 0 Å². The van der Waals surface area contributed by atoms with Gasteiger partial charge in [0.2, 0.25) is 17.7 Å². The maximum absolute atomic E-state index is 13.5. The number of aromatic nitrogens is 3. The summed E-state index contributed by atoms with van der Waals surface area (Å²) in [5.41, 5.74) is 4.05. The Morgan fingerprint density at radius 2 is 1.73 bits per heavy atom. The van der Waals surface area contributed by atoms with Crippen LogP contribution >= 0.6 is 0 Å². The topological polar surface area (TPSA) is 162 Å². The second-order valence-electron chi connectivity index (χ2n) is 11.1. The molecule has 6 N–H and O–H groups in total. The molecule has 2 atom stereocenters. The minimum atomic E-state index is -0.847. The number of benzene rings is 2. The van der Waals surface area contributed by atoms with Crippen molar-refractivity contribution in [2.75, 3.05) is 26.2 Å². The van der Waals surface area contributed by atoms with Gasteiger partial charge in [-0.2, -0.15) is 0 Å². The van der Waals surface area contributed by atoms with Gasteiger partial charge in [-0.25, -0.2) is 4.98 Å². The van der Waals surface area contributed by atoms with E-state index in [1.807, 2.05) is 61.0 Å². The fraction of sp³-hybridized carbons (Fsp3) is 0.406. The molecule has 0 aliphatic carbocycles. The fourth-order valence-electron chi connectivity index (χ4n) is 5.56. The molecule has 1 aliphatic rings. The number of nitrogens with one attached hydrogen (secondary N) is 6. The van der Waals surface area contributed by atoms with Crippen molar-refractivity contribution in [3.63, 3.8) is 0 Å². The second-order valence-corrected chi connectivity index (χ2v) is 11.1. The number of H-pyrrole nitrogens is 1. The molecule has 2 bridgehead atoms. The predicted octanol–water partition coefficient (Wildman–Crippen LogP) is 1.68. The maximum Gasteiger partial charge on any atom is 0.251 e. The summed E-state index contributed by atoms with van der Waals surface area (Å²) in [5, 5.41) is 15.6. The van der Waals surface area contributed by atoms with Crippen molar-refractivity contribution in [3.05, 3.63) is 65.6 Å². The molecule has 12 nitrogen and oxygen atoms in total. The number of aromatic amines is 1. The van der Waals surface area contributed by atoms with Gasteiger partial charge in [0, 0.05) is 48.7 Å². The Balaban J connectivity index is 1.36. The Hall–Kier alpha value is -4.71. The molecule has 12 heteroatoms. The molecule has 1 aliphatic heterocycles. The van der Waals surface area contributed by atoms with E-state index in [9.17, 15) is 19.2 Å². The van der Waals surface area contributed by atoms with Crippen LogP contribution in [0.4, 0.5) is 0 Å². The first-order valence-corrected chi connectivity index (χ1v) is 15.2. The molecule has 232 valence electrons. The van der Waals surface area contributed by atoms with Crippen molar-refractivity contribution >= 4 is 45.6 Å². The van der Waals surface area contributed by atoms with Crippen molar-refractivity contribution in [2.45, 2.75) is 58.2 Å². The zero-order valence-corrected chi connectivity index (χ0v) is 25.2. The van der Waals surface area contributed by atoms with E-state index in [-0.39, 0.29) is 30.7 Å². The third-order valence-corrected chi connectivity index (χ3v) is 7.95. The molecule has 2 aromatic heterocycles. The van der Waals surface area contributed by atoms with Gasteiger partial charge in [-0.05, 0) is 62.6 Å². The summed E-state index contributed by atoms with van der Waals surface area (Å²) in [6, 6.07) is 11.6. The van der Waals surface area contributed by atoms with E-state index in [1.165, 1.54) is 0 Å². The smallest absolute Gasteiger partial charge is 0.251 e. The standard InChI is InChI=1S/C32H40N8O4/c1-3-24-32(44)39-27(16-22-18-36-25-9-5-4-8-23(22)25)31(43)35-14-7-15-40-20(2)37-26-11-10-21(17-28(26)40)30(42)34-13-6-12-33-19-29(41)38-24/h4-5,8-11,17-18,24,27,33,36H,3,6-7,12-16,19H2,1-2H3,(H,34,42)(H,35,43)(H,38,41)(H,39,44)/t24?,27-/m1/s1. The Bertz CT molecular complexity index is 1660. The van der Waals surface area contributed by atoms with Crippen LogP contribution in [0, 0.1) is 6.92 Å². The van der Waals surface area contributed by atoms with Gasteiger partial charge in [0.05, 0.1) is 17.6 Å². The Morgan fingerprint density at radius 3 is 2.57 bits per heavy atom. The number of rotatable bonds is 3. The molecular formula is C32H40N8O4. The number of hydrogen-bond acceptors (Lipinski definition) is 6. The summed E-state index contributed by atoms with van der Waals surface area (Å²) < 4.78 is 2.05. The van der Waals surface area contributed by atoms with Crippen LogP contribution in [0.25, 0.3) is 21.9 Å². The van der Waals surface area contributed by atoms with Crippen LogP contribution in [0.2, 0.25) is 0 Å². The Kier molecular flexibility index (Phi) is 9.90. The summed E-state index contributed by atoms with van der Waals surface area (Å²) >= 11 is 0. The van der Waals surface area contributed by atoms with Crippen molar-refractivity contribution < 1.29 is 19.2 Å². The first-order valence-electron chi connectivity index (χ1n) is 15.2. The molecule has 4 amide bonds. The fourth-order valence-corrected chi connectivity index (χ4v) is 5.56. The summed E-state index contributed by atoms with van der Waals surface area (Å²) in [6.45, 7) is 5.67. The highest BCUT2D eigenvalue weighted by molar-refractivity contribution is 5.97. The average molecular weight is 601 g/mol. The number of imidazole rings is 1. The monoisotopic (exact) mass is 600 g/mol. The van der Waals surface area contributed by atoms with Gasteiger partial charge in [0.25, 0.3) is 5.91 Å². The quantitative estimate of drug-likeness (QED) is 0.210. The SMILES string of the molecule is CCC1NC(=O)CNCCCNC(=O)c2ccc3nc(C)n(c3c2)CCCNC(=O)[C@@H](Cc2c[nH]c3ccccc23)NC1=O. The Morgan fingerprint density at radius 1 is 0.909 bits per heavy atom. The summed E-state index contributed by atoms with van der Waals surface area (Å²) in [6.07, 6.45) is 3.75. The van der Waals surface area contributed by atoms with Gasteiger partial charge in [0.15, 0.2) is 0 Å². The largest absolute Gasteiger partial charge is 0.361 e. The summed E-state index contributed by atoms with van der Waals surface area (Å²) in [7, 11) is 0. The lowest BCUT2D eigenvalue weighted by atomic mass is 10.0. The first kappa shape index (κ1) is 30.7. The van der Waals surface area contributed by atoms with Crippen molar-refractivity contribution in [2.24, 2.45) is 0 Å². The number of carbonyl (C=O) groups is 4. The lowest BCUT2D eigenvalue weighted by Crippen LogP contribution is -2.55. The number of carbonyl (C=O) groups excluding carboxylic acids is 4. The summed E-state index contributed by atoms with van der Waals surface area (Å²) in [5.74, 6) is -0.401. The molecular weight excluding hydrogens is 560 g/mol. The number of nitrogens with zero attached hydrogens (tertiary/aromatic N) is 2. The molecule has 2 aromatic carbocycles. The Labute approximate surface area is 255 Å². The van der Waals surface area contributed by atoms with E-state index in [0.29, 0.717) is 51.0 Å². The molecule has 0 saturated carbocycles. The minimum absolute atomic E-state index is 0.0248. The van der Waals surface area contributed by atoms with Crippen molar-refractivity contribution in [1.29, 1.82) is 0 Å². The molecule has 44 heavy (non-hydrogen) atoms. The number of hydrogen-bond donors (Lipinski definition) is 6. The molecule has 3 heterocycles. The molecule has 5 rings (SSSR count). The van der Waals surface area contributed by atoms with Gasteiger partial charge in [0.1, 0.15) is 17.9 Å². The van der Waals surface area contributed by atoms with Crippen LogP contribution in [0.1, 0.15) is 47.9 Å². The van der Waals surface area contributed by atoms with Crippen LogP contribution in [-0.2, 0) is 27.3 Å². The highest BCUT2D eigenvalue weighted by Gasteiger charge is 2.27. The third-order valence-electron chi connectivity index (χ3n) is 7.95. The van der Waals surface area contributed by atoms with Crippen LogP contribution in [-0.4, -0.2) is 76.4 Å². The molecule has 1 unspecified atom stereocenters. The number of aryl methyl sites for hydroxylation is 2. The van der Waals surface area contributed by atoms with E-state index >= 15 is 0 Å². The van der Waals surface area contributed by atoms with Crippen LogP contribution in [0.15, 0.2) is 48.7 Å². The summed E-state index contributed by atoms with van der Waals surface area (Å²) in [4.78, 5) is 60.1. The third kappa shape index (κ3) is 7.25. The molecule has 4 aromatic rings. The molecule has 0 fully saturated rings. The maximum atomic E-state index is 13.5. The molecule has 0 radical (unpaired) electrons. The average Bonchev–Trinajstić information content (AvgIpc) is 3.57. The molecule has 0 spiro atoms. The van der Waals surface area contributed by atoms with Crippen molar-refractivity contribution in [3.8, 4) is 0 Å². The minimum Gasteiger partial charge on any atom is -0.361 e. The van der Waals surface area contributed by atoms with E-state index in [4.69, 9.17) is 0 Å². The van der Waals surface area contributed by atoms with E-state index in [2.05, 4.69) is 36.6 Å². The lowest BCUT2D eigenvalue weighted by Gasteiger charge is -2.23. The van der Waals surface area contributed by atoms with Gasteiger partial charge < -0.3 is 36.1 Å². The zero-order chi connectivity index (χ0) is 31.1. The highest BCUT2D eigenvalue weighted by atomic mass is 16.2. The van der Waals surface area contributed by atoms with Gasteiger partial charge in [-0.3, -0.25) is 19.2 Å². The van der Waals surface area contributed by atoms with E-state index in [1.54, 1.807) is 6.07 Å². The number of amides is 4. The van der Waals surface area contributed by atoms with E-state index in [0.717, 1.165) is 33.3 Å². The normalized spacial score (nSPS) is 20.0. The van der Waals surface area contributed by atoms with E-state index < -0.39 is 18.0 Å². The second kappa shape index (κ2) is 14.2. The van der Waals surface area contributed by atoms with Crippen LogP contribution in [0.5, 0.6) is 0 Å². The lowest BCUT2D eigenvalue weighted by molar-refractivity contribution is -0.132. The number of fused-ring (bicyclic) bond motifs is 2. The van der Waals surface area contributed by atoms with Gasteiger partial charge in [-0.15, -0.1) is 0 Å². The zero-order valence-electron chi connectivity index (χ0n) is 25.2. The first-order chi connectivity index (χ1) is 21.3. The highest BCUT2D eigenvalue weighted by Crippen LogP contribution is 2.20. The number of para-hydroxylation sites is 1. The predicted molar refractivity (Wildman–Crippen MR) is 168 cm³/mol. The van der Waals surface area contributed by atoms with Crippen LogP contribution < -0.4 is 26.6 Å². The van der Waals surface area contributed by atoms with Crippen LogP contribution in [0.3, 0.4) is 0 Å².